The van der Waals surface area contributed by atoms with Gasteiger partial charge in [0.15, 0.2) is 0 Å². The first kappa shape index (κ1) is 34.0. The fourth-order valence-electron chi connectivity index (χ4n) is 0. The number of hydrogen-bond donors (Lipinski definition) is 0. The summed E-state index contributed by atoms with van der Waals surface area (Å²) in [5, 5.41) is 0. The summed E-state index contributed by atoms with van der Waals surface area (Å²) in [6.07, 6.45) is 0. The SMILES string of the molecule is [CH2-][Si](C)(C)C.[CH2-][Si](C)(C)C.[CH2-][Si](C)(C)C.[CH2-][Si](C)(C)C.[Ti+4]. The van der Waals surface area contributed by atoms with Crippen molar-refractivity contribution in [3.63, 3.8) is 0 Å². The minimum Gasteiger partial charge on any atom is -0.342 e. The molecule has 21 heavy (non-hydrogen) atoms. The summed E-state index contributed by atoms with van der Waals surface area (Å²) in [7, 11) is -3.44. The Kier molecular flexibility index (Phi) is 22.6. The van der Waals surface area contributed by atoms with Crippen molar-refractivity contribution in [2.45, 2.75) is 78.6 Å². The Hall–Kier alpha value is 1.58. The van der Waals surface area contributed by atoms with E-state index in [1.165, 1.54) is 0 Å². The van der Waals surface area contributed by atoms with Gasteiger partial charge in [-0.25, -0.2) is 0 Å². The van der Waals surface area contributed by atoms with E-state index >= 15 is 0 Å². The quantitative estimate of drug-likeness (QED) is 0.312. The molecule has 0 aliphatic heterocycles. The molecule has 0 amide bonds. The van der Waals surface area contributed by atoms with Gasteiger partial charge in [-0.2, -0.15) is 0 Å². The van der Waals surface area contributed by atoms with Crippen LogP contribution in [0.4, 0.5) is 0 Å². The average Bonchev–Trinajstić information content (AvgIpc) is 1.62. The third kappa shape index (κ3) is 3310. The van der Waals surface area contributed by atoms with Gasteiger partial charge in [-0.15, -0.1) is 32.3 Å². The fourth-order valence-corrected chi connectivity index (χ4v) is 0. The third-order valence-corrected chi connectivity index (χ3v) is 0. The summed E-state index contributed by atoms with van der Waals surface area (Å²) in [5.41, 5.74) is 0. The van der Waals surface area contributed by atoms with E-state index in [4.69, 9.17) is 0 Å². The van der Waals surface area contributed by atoms with Crippen molar-refractivity contribution >= 4 is 32.3 Å². The predicted molar refractivity (Wildman–Crippen MR) is 115 cm³/mol. The van der Waals surface area contributed by atoms with E-state index in [1.807, 2.05) is 0 Å². The Morgan fingerprint density at radius 3 is 0.333 bits per heavy atom. The molecule has 0 fully saturated rings. The molecule has 0 rings (SSSR count). The van der Waals surface area contributed by atoms with Crippen molar-refractivity contribution in [1.29, 1.82) is 0 Å². The first-order valence-corrected chi connectivity index (χ1v) is 22.2. The van der Waals surface area contributed by atoms with Crippen molar-refractivity contribution in [3.05, 3.63) is 26.2 Å². The van der Waals surface area contributed by atoms with Crippen LogP contribution >= 0.6 is 0 Å². The minimum absolute atomic E-state index is 0. The Labute approximate surface area is 158 Å². The van der Waals surface area contributed by atoms with Crippen LogP contribution in [0.1, 0.15) is 0 Å². The van der Waals surface area contributed by atoms with E-state index in [0.717, 1.165) is 0 Å². The normalized spacial score (nSPS) is 11.4. The smallest absolute Gasteiger partial charge is 0.342 e. The Balaban J connectivity index is -0.0000000533. The Morgan fingerprint density at radius 2 is 0.333 bits per heavy atom. The first-order valence-electron chi connectivity index (χ1n) is 7.41. The predicted octanol–water partition coefficient (Wildman–Crippen LogP) is 6.79. The summed E-state index contributed by atoms with van der Waals surface area (Å²) in [5.74, 6) is 0. The summed E-state index contributed by atoms with van der Waals surface area (Å²) in [6.45, 7) is 42.2. The van der Waals surface area contributed by atoms with E-state index in [-0.39, 0.29) is 21.7 Å². The van der Waals surface area contributed by atoms with E-state index in [1.54, 1.807) is 0 Å². The molecule has 128 valence electrons. The second kappa shape index (κ2) is 14.0. The van der Waals surface area contributed by atoms with E-state index in [9.17, 15) is 0 Å². The Morgan fingerprint density at radius 1 is 0.333 bits per heavy atom. The summed E-state index contributed by atoms with van der Waals surface area (Å²) < 4.78 is 0. The minimum atomic E-state index is -0.861. The van der Waals surface area contributed by atoms with Crippen molar-refractivity contribution in [2.75, 3.05) is 0 Å². The summed E-state index contributed by atoms with van der Waals surface area (Å²) >= 11 is 0. The van der Waals surface area contributed by atoms with Gasteiger partial charge in [0.25, 0.3) is 0 Å². The molecule has 0 aromatic carbocycles. The number of hydrogen-bond acceptors (Lipinski definition) is 0. The molecule has 0 saturated heterocycles. The van der Waals surface area contributed by atoms with Crippen LogP contribution < -0.4 is 0 Å². The van der Waals surface area contributed by atoms with Crippen molar-refractivity contribution < 1.29 is 21.7 Å². The van der Waals surface area contributed by atoms with Gasteiger partial charge in [-0.05, 0) is 0 Å². The Bertz CT molecular complexity index is 130. The zero-order chi connectivity index (χ0) is 18.0. The van der Waals surface area contributed by atoms with Gasteiger partial charge in [0.1, 0.15) is 0 Å². The van der Waals surface area contributed by atoms with E-state index in [2.05, 4.69) is 105 Å². The zero-order valence-corrected chi connectivity index (χ0v) is 22.9. The molecular formula is C16H44Si4Ti. The van der Waals surface area contributed by atoms with Crippen LogP contribution in [0.2, 0.25) is 78.6 Å². The molecule has 0 nitrogen and oxygen atoms in total. The molecule has 0 radical (unpaired) electrons. The van der Waals surface area contributed by atoms with Gasteiger partial charge in [0, 0.05) is 0 Å². The molecule has 0 aromatic rings. The first-order chi connectivity index (χ1) is 8.00. The monoisotopic (exact) mass is 396 g/mol. The molecule has 0 aromatic heterocycles. The molecule has 0 aliphatic carbocycles. The topological polar surface area (TPSA) is 0 Å². The van der Waals surface area contributed by atoms with Crippen LogP contribution in [0.5, 0.6) is 0 Å². The molecule has 0 heterocycles. The standard InChI is InChI=1S/4C4H11Si.Ti/c4*1-5(2,3)4;/h4*1H2,2-4H3;/q4*-1;+4. The van der Waals surface area contributed by atoms with Crippen LogP contribution in [0.3, 0.4) is 0 Å². The van der Waals surface area contributed by atoms with E-state index in [0.29, 0.717) is 0 Å². The molecule has 5 heteroatoms. The van der Waals surface area contributed by atoms with Crippen LogP contribution in [0.15, 0.2) is 0 Å². The molecule has 0 aliphatic rings. The van der Waals surface area contributed by atoms with Crippen LogP contribution in [-0.4, -0.2) is 32.3 Å². The fraction of sp³-hybridized carbons (Fsp3) is 0.750. The van der Waals surface area contributed by atoms with Crippen LogP contribution in [-0.2, 0) is 21.7 Å². The van der Waals surface area contributed by atoms with Crippen molar-refractivity contribution in [1.82, 2.24) is 0 Å². The van der Waals surface area contributed by atoms with Gasteiger partial charge >= 0.3 is 21.7 Å². The maximum Gasteiger partial charge on any atom is 4.00 e. The van der Waals surface area contributed by atoms with Gasteiger partial charge in [-0.1, -0.05) is 78.6 Å². The number of rotatable bonds is 0. The molecule has 0 saturated carbocycles. The molecule has 0 atom stereocenters. The molecular weight excluding hydrogens is 352 g/mol. The second-order valence-electron chi connectivity index (χ2n) is 10.2. The molecule has 0 N–H and O–H groups in total. The van der Waals surface area contributed by atoms with E-state index < -0.39 is 32.3 Å². The summed E-state index contributed by atoms with van der Waals surface area (Å²) in [4.78, 5) is 0. The van der Waals surface area contributed by atoms with Crippen LogP contribution in [0, 0.1) is 26.2 Å². The largest absolute Gasteiger partial charge is 4.00 e. The summed E-state index contributed by atoms with van der Waals surface area (Å²) in [6, 6.07) is 0. The van der Waals surface area contributed by atoms with Gasteiger partial charge in [0.05, 0.1) is 0 Å². The van der Waals surface area contributed by atoms with Crippen molar-refractivity contribution in [2.24, 2.45) is 0 Å². The zero-order valence-electron chi connectivity index (χ0n) is 17.3. The maximum atomic E-state index is 3.91. The molecule has 0 spiro atoms. The average molecular weight is 397 g/mol. The molecule has 0 bridgehead atoms. The third-order valence-electron chi connectivity index (χ3n) is 0. The second-order valence-corrected chi connectivity index (χ2v) is 30.7. The maximum absolute atomic E-state index is 3.91. The van der Waals surface area contributed by atoms with Gasteiger partial charge in [0.2, 0.25) is 0 Å². The van der Waals surface area contributed by atoms with Crippen molar-refractivity contribution in [3.8, 4) is 0 Å². The van der Waals surface area contributed by atoms with Gasteiger partial charge in [-0.3, -0.25) is 0 Å². The van der Waals surface area contributed by atoms with Gasteiger partial charge < -0.3 is 26.2 Å². The van der Waals surface area contributed by atoms with Crippen LogP contribution in [0.25, 0.3) is 0 Å². The molecule has 0 unspecified atom stereocenters.